The van der Waals surface area contributed by atoms with Crippen LogP contribution in [0.15, 0.2) is 55.1 Å². The smallest absolute Gasteiger partial charge is 0.264 e. The van der Waals surface area contributed by atoms with Crippen LogP contribution in [0.3, 0.4) is 0 Å². The van der Waals surface area contributed by atoms with E-state index >= 15 is 0 Å². The molecule has 2 aromatic rings. The molecular weight excluding hydrogens is 613 g/mol. The minimum Gasteiger partial charge on any atom is -0.497 e. The number of likely N-dealkylation sites (tertiary alicyclic amines) is 1. The topological polar surface area (TPSA) is 120 Å². The third-order valence-corrected chi connectivity index (χ3v) is 15.4. The average Bonchev–Trinajstić information content (AvgIpc) is 3.86. The molecule has 47 heavy (non-hydrogen) atoms. The summed E-state index contributed by atoms with van der Waals surface area (Å²) in [6.45, 7) is 12.2. The van der Waals surface area contributed by atoms with Crippen LogP contribution in [-0.4, -0.2) is 87.3 Å². The van der Waals surface area contributed by atoms with E-state index in [2.05, 4.69) is 49.4 Å². The zero-order chi connectivity index (χ0) is 33.5. The van der Waals surface area contributed by atoms with Crippen molar-refractivity contribution < 1.29 is 29.0 Å². The molecule has 3 saturated heterocycles. The number of carbonyl (C=O) groups excluding carboxylic acids is 3. The second-order valence-electron chi connectivity index (χ2n) is 14.0. The molecule has 6 rings (SSSR count). The highest BCUT2D eigenvalue weighted by Crippen LogP contribution is 2.60. The molecule has 3 N–H and O–H groups in total. The Morgan fingerprint density at radius 3 is 2.62 bits per heavy atom. The van der Waals surface area contributed by atoms with E-state index in [1.54, 1.807) is 23.0 Å². The van der Waals surface area contributed by atoms with E-state index in [1.165, 1.54) is 5.19 Å². The molecule has 0 radical (unpaired) electrons. The van der Waals surface area contributed by atoms with Crippen LogP contribution in [0.1, 0.15) is 44.6 Å². The number of benzene rings is 2. The van der Waals surface area contributed by atoms with Gasteiger partial charge in [-0.25, -0.2) is 0 Å². The Morgan fingerprint density at radius 1 is 1.19 bits per heavy atom. The summed E-state index contributed by atoms with van der Waals surface area (Å²) in [5, 5.41) is 17.5. The van der Waals surface area contributed by atoms with Gasteiger partial charge in [0.25, 0.3) is 5.91 Å². The molecule has 6 atom stereocenters. The molecule has 0 aromatic heterocycles. The van der Waals surface area contributed by atoms with E-state index in [-0.39, 0.29) is 54.3 Å². The summed E-state index contributed by atoms with van der Waals surface area (Å²) in [5.74, 6) is 0.153. The lowest BCUT2D eigenvalue weighted by Gasteiger charge is -2.37. The number of aliphatic hydroxyl groups is 1. The Balaban J connectivity index is 1.43. The third-order valence-electron chi connectivity index (χ3n) is 11.1. The van der Waals surface area contributed by atoms with Gasteiger partial charge < -0.3 is 35.0 Å². The number of aliphatic hydroxyl groups excluding tert-OH is 1. The summed E-state index contributed by atoms with van der Waals surface area (Å²) in [5.41, 5.74) is 0.586. The minimum absolute atomic E-state index is 0.0565. The average molecular weight is 661 g/mol. The van der Waals surface area contributed by atoms with Crippen molar-refractivity contribution in [2.45, 2.75) is 81.5 Å². The van der Waals surface area contributed by atoms with Gasteiger partial charge in [0, 0.05) is 30.3 Å². The maximum Gasteiger partial charge on any atom is 0.264 e. The maximum atomic E-state index is 14.7. The molecule has 1 spiro atoms. The van der Waals surface area contributed by atoms with Crippen LogP contribution in [0.4, 0.5) is 11.4 Å². The molecule has 10 nitrogen and oxygen atoms in total. The predicted octanol–water partition coefficient (Wildman–Crippen LogP) is 3.51. The predicted molar refractivity (Wildman–Crippen MR) is 185 cm³/mol. The lowest BCUT2D eigenvalue weighted by atomic mass is 9.82. The SMILES string of the molecule is C=CCN1C(=O)[C@@]2(O[C@@H](CC(=O)N3CCC[C@H]3CO)[C@H]([Si](C)(C)c3ccc(OC)cc3)[C@H]2C)c2cc(NC(=O)[C@H]3CCCN3)ccc21. The van der Waals surface area contributed by atoms with Gasteiger partial charge in [0.05, 0.1) is 52.1 Å². The number of hydrogen-bond donors (Lipinski definition) is 3. The van der Waals surface area contributed by atoms with Crippen molar-refractivity contribution in [1.29, 1.82) is 0 Å². The van der Waals surface area contributed by atoms with Crippen LogP contribution in [-0.2, 0) is 24.7 Å². The first-order chi connectivity index (χ1) is 22.6. The molecule has 3 fully saturated rings. The van der Waals surface area contributed by atoms with Crippen molar-refractivity contribution >= 4 is 42.4 Å². The largest absolute Gasteiger partial charge is 0.497 e. The van der Waals surface area contributed by atoms with Gasteiger partial charge in [0.1, 0.15) is 5.75 Å². The van der Waals surface area contributed by atoms with Gasteiger partial charge in [-0.15, -0.1) is 6.58 Å². The zero-order valence-electron chi connectivity index (χ0n) is 28.0. The molecular formula is C36H48N4O6Si. The number of carbonyl (C=O) groups is 3. The van der Waals surface area contributed by atoms with Crippen molar-refractivity contribution in [2.24, 2.45) is 5.92 Å². The summed E-state index contributed by atoms with van der Waals surface area (Å²) < 4.78 is 12.6. The Bertz CT molecular complexity index is 1530. The number of amides is 3. The second-order valence-corrected chi connectivity index (χ2v) is 18.7. The number of nitrogens with zero attached hydrogens (tertiary/aromatic N) is 2. The van der Waals surface area contributed by atoms with Gasteiger partial charge in [-0.1, -0.05) is 43.4 Å². The van der Waals surface area contributed by atoms with Crippen molar-refractivity contribution in [2.75, 3.05) is 43.6 Å². The Labute approximate surface area is 278 Å². The molecule has 4 heterocycles. The van der Waals surface area contributed by atoms with E-state index in [1.807, 2.05) is 30.3 Å². The fourth-order valence-electron chi connectivity index (χ4n) is 8.68. The van der Waals surface area contributed by atoms with Gasteiger partial charge in [-0.05, 0) is 68.1 Å². The van der Waals surface area contributed by atoms with Gasteiger partial charge in [0.2, 0.25) is 11.8 Å². The second kappa shape index (κ2) is 13.2. The molecule has 252 valence electrons. The first-order valence-corrected chi connectivity index (χ1v) is 20.0. The standard InChI is InChI=1S/C36H48N4O6Si/c1-6-18-40-30-16-11-24(38-34(43)29-10-7-17-37-29)20-28(30)36(35(40)44)23(2)33(47(4,5)27-14-12-26(45-3)13-15-27)31(46-36)21-32(42)39-19-8-9-25(39)22-41/h6,11-16,20,23,25,29,31,33,37,41H,1,7-10,17-19,21-22H2,2-5H3,(H,38,43)/t23-,25+,29-,31+,33-,36+/m1/s1. The number of hydrogen-bond acceptors (Lipinski definition) is 7. The first kappa shape index (κ1) is 33.4. The Morgan fingerprint density at radius 2 is 1.96 bits per heavy atom. The molecule has 0 aliphatic carbocycles. The summed E-state index contributed by atoms with van der Waals surface area (Å²) in [7, 11) is -0.806. The van der Waals surface area contributed by atoms with Crippen molar-refractivity contribution in [3.8, 4) is 5.75 Å². The fourth-order valence-corrected chi connectivity index (χ4v) is 12.7. The molecule has 0 saturated carbocycles. The van der Waals surface area contributed by atoms with Gasteiger partial charge in [-0.2, -0.15) is 0 Å². The van der Waals surface area contributed by atoms with E-state index in [0.717, 1.165) is 43.7 Å². The molecule has 11 heteroatoms. The van der Waals surface area contributed by atoms with Gasteiger partial charge in [-0.3, -0.25) is 14.4 Å². The van der Waals surface area contributed by atoms with E-state index in [0.29, 0.717) is 24.3 Å². The summed E-state index contributed by atoms with van der Waals surface area (Å²) in [6.07, 6.45) is 4.65. The molecule has 0 unspecified atom stereocenters. The first-order valence-electron chi connectivity index (χ1n) is 16.9. The Hall–Kier alpha value is -3.51. The van der Waals surface area contributed by atoms with E-state index < -0.39 is 19.8 Å². The third kappa shape index (κ3) is 5.71. The van der Waals surface area contributed by atoms with Crippen LogP contribution in [0.5, 0.6) is 5.75 Å². The van der Waals surface area contributed by atoms with Crippen LogP contribution in [0.25, 0.3) is 0 Å². The minimum atomic E-state index is -2.45. The van der Waals surface area contributed by atoms with Crippen LogP contribution in [0.2, 0.25) is 18.6 Å². The number of nitrogens with one attached hydrogen (secondary N) is 2. The lowest BCUT2D eigenvalue weighted by molar-refractivity contribution is -0.149. The monoisotopic (exact) mass is 660 g/mol. The number of fused-ring (bicyclic) bond motifs is 2. The quantitative estimate of drug-likeness (QED) is 0.264. The van der Waals surface area contributed by atoms with Gasteiger partial charge in [0.15, 0.2) is 5.60 Å². The zero-order valence-corrected chi connectivity index (χ0v) is 29.0. The highest BCUT2D eigenvalue weighted by atomic mass is 28.3. The van der Waals surface area contributed by atoms with Crippen molar-refractivity contribution in [1.82, 2.24) is 10.2 Å². The van der Waals surface area contributed by atoms with Crippen LogP contribution >= 0.6 is 0 Å². The summed E-state index contributed by atoms with van der Waals surface area (Å²) in [4.78, 5) is 45.3. The number of rotatable bonds is 10. The Kier molecular flexibility index (Phi) is 9.36. The molecule has 4 aliphatic rings. The molecule has 2 aromatic carbocycles. The number of methoxy groups -OCH3 is 1. The van der Waals surface area contributed by atoms with Crippen molar-refractivity contribution in [3.05, 3.63) is 60.7 Å². The highest BCUT2D eigenvalue weighted by Gasteiger charge is 2.66. The van der Waals surface area contributed by atoms with Crippen molar-refractivity contribution in [3.63, 3.8) is 0 Å². The number of anilines is 2. The molecule has 3 amide bonds. The molecule has 4 aliphatic heterocycles. The highest BCUT2D eigenvalue weighted by molar-refractivity contribution is 6.91. The van der Waals surface area contributed by atoms with Crippen LogP contribution < -0.4 is 25.5 Å². The number of ether oxygens (including phenoxy) is 2. The van der Waals surface area contributed by atoms with Gasteiger partial charge >= 0.3 is 0 Å². The fraction of sp³-hybridized carbons (Fsp3) is 0.528. The maximum absolute atomic E-state index is 14.7. The lowest BCUT2D eigenvalue weighted by Crippen LogP contribution is -2.52. The van der Waals surface area contributed by atoms with E-state index in [4.69, 9.17) is 9.47 Å². The van der Waals surface area contributed by atoms with E-state index in [9.17, 15) is 19.5 Å². The summed E-state index contributed by atoms with van der Waals surface area (Å²) >= 11 is 0. The normalized spacial score (nSPS) is 28.6. The summed E-state index contributed by atoms with van der Waals surface area (Å²) in [6, 6.07) is 13.3. The van der Waals surface area contributed by atoms with Crippen LogP contribution in [0, 0.1) is 5.92 Å². The molecule has 0 bridgehead atoms.